The van der Waals surface area contributed by atoms with Crippen LogP contribution in [0.4, 0.5) is 5.69 Å². The molecule has 7 heteroatoms. The number of amides is 2. The van der Waals surface area contributed by atoms with Crippen LogP contribution in [0.25, 0.3) is 0 Å². The van der Waals surface area contributed by atoms with Crippen LogP contribution in [0.3, 0.4) is 0 Å². The lowest BCUT2D eigenvalue weighted by atomic mass is 10.1. The van der Waals surface area contributed by atoms with Crippen molar-refractivity contribution in [1.29, 1.82) is 0 Å². The molecule has 0 aliphatic heterocycles. The van der Waals surface area contributed by atoms with Gasteiger partial charge in [-0.1, -0.05) is 11.2 Å². The molecule has 0 atom stereocenters. The number of hydrogen-bond donors (Lipinski definition) is 2. The van der Waals surface area contributed by atoms with E-state index < -0.39 is 0 Å². The fourth-order valence-electron chi connectivity index (χ4n) is 2.77. The molecule has 0 saturated heterocycles. The van der Waals surface area contributed by atoms with Gasteiger partial charge in [0.05, 0.1) is 11.3 Å². The second kappa shape index (κ2) is 9.05. The van der Waals surface area contributed by atoms with Crippen LogP contribution in [-0.2, 0) is 6.61 Å². The van der Waals surface area contributed by atoms with E-state index in [9.17, 15) is 9.59 Å². The molecule has 2 N–H and O–H groups in total. The van der Waals surface area contributed by atoms with Gasteiger partial charge in [0.25, 0.3) is 11.8 Å². The maximum Gasteiger partial charge on any atom is 0.255 e. The third-order valence-corrected chi connectivity index (χ3v) is 4.40. The number of anilines is 1. The molecule has 3 aromatic rings. The Morgan fingerprint density at radius 2 is 1.79 bits per heavy atom. The van der Waals surface area contributed by atoms with Gasteiger partial charge in [0.2, 0.25) is 0 Å². The Kier molecular flexibility index (Phi) is 6.29. The molecule has 0 aliphatic rings. The number of benzene rings is 2. The zero-order chi connectivity index (χ0) is 20.8. The van der Waals surface area contributed by atoms with Crippen LogP contribution >= 0.6 is 0 Å². The van der Waals surface area contributed by atoms with Crippen molar-refractivity contribution in [2.75, 3.05) is 11.9 Å². The van der Waals surface area contributed by atoms with E-state index in [1.165, 1.54) is 0 Å². The number of nitrogens with zero attached hydrogens (tertiary/aromatic N) is 1. The molecule has 0 fully saturated rings. The number of ether oxygens (including phenoxy) is 1. The molecule has 1 heterocycles. The second-order valence-electron chi connectivity index (χ2n) is 6.51. The molecule has 0 radical (unpaired) electrons. The fraction of sp³-hybridized carbons (Fsp3) is 0.227. The Bertz CT molecular complexity index is 990. The molecule has 29 heavy (non-hydrogen) atoms. The van der Waals surface area contributed by atoms with Gasteiger partial charge in [0.15, 0.2) is 0 Å². The first kappa shape index (κ1) is 20.1. The van der Waals surface area contributed by atoms with E-state index in [1.807, 2.05) is 20.8 Å². The molecule has 150 valence electrons. The molecular formula is C22H23N3O4. The summed E-state index contributed by atoms with van der Waals surface area (Å²) in [7, 11) is 0. The van der Waals surface area contributed by atoms with E-state index in [0.717, 1.165) is 17.0 Å². The summed E-state index contributed by atoms with van der Waals surface area (Å²) < 4.78 is 10.9. The predicted octanol–water partition coefficient (Wildman–Crippen LogP) is 3.87. The van der Waals surface area contributed by atoms with E-state index in [-0.39, 0.29) is 11.8 Å². The van der Waals surface area contributed by atoms with Crippen molar-refractivity contribution in [3.63, 3.8) is 0 Å². The summed E-state index contributed by atoms with van der Waals surface area (Å²) in [4.78, 5) is 24.4. The first-order valence-corrected chi connectivity index (χ1v) is 9.32. The highest BCUT2D eigenvalue weighted by Crippen LogP contribution is 2.19. The van der Waals surface area contributed by atoms with Gasteiger partial charge in [-0.3, -0.25) is 9.59 Å². The Morgan fingerprint density at radius 3 is 2.45 bits per heavy atom. The highest BCUT2D eigenvalue weighted by atomic mass is 16.5. The SMILES string of the molecule is CCNC(=O)c1cccc(NC(=O)c2ccc(OCc3c(C)noc3C)cc2)c1. The quantitative estimate of drug-likeness (QED) is 0.635. The van der Waals surface area contributed by atoms with Crippen molar-refractivity contribution in [2.24, 2.45) is 0 Å². The van der Waals surface area contributed by atoms with Crippen LogP contribution in [0.15, 0.2) is 53.1 Å². The number of aryl methyl sites for hydroxylation is 2. The van der Waals surface area contributed by atoms with Crippen molar-refractivity contribution >= 4 is 17.5 Å². The summed E-state index contributed by atoms with van der Waals surface area (Å²) in [6.45, 7) is 6.45. The molecule has 1 aromatic heterocycles. The van der Waals surface area contributed by atoms with Crippen molar-refractivity contribution in [2.45, 2.75) is 27.4 Å². The summed E-state index contributed by atoms with van der Waals surface area (Å²) >= 11 is 0. The number of hydrogen-bond acceptors (Lipinski definition) is 5. The maximum absolute atomic E-state index is 12.5. The molecule has 0 spiro atoms. The fourth-order valence-corrected chi connectivity index (χ4v) is 2.77. The lowest BCUT2D eigenvalue weighted by Gasteiger charge is -2.09. The second-order valence-corrected chi connectivity index (χ2v) is 6.51. The first-order chi connectivity index (χ1) is 14.0. The monoisotopic (exact) mass is 393 g/mol. The minimum atomic E-state index is -0.268. The topological polar surface area (TPSA) is 93.5 Å². The lowest BCUT2D eigenvalue weighted by molar-refractivity contribution is 0.0954. The van der Waals surface area contributed by atoms with E-state index in [2.05, 4.69) is 15.8 Å². The van der Waals surface area contributed by atoms with Crippen LogP contribution in [0.1, 0.15) is 44.7 Å². The number of aromatic nitrogens is 1. The van der Waals surface area contributed by atoms with Gasteiger partial charge in [-0.05, 0) is 63.2 Å². The molecular weight excluding hydrogens is 370 g/mol. The Hall–Kier alpha value is -3.61. The summed E-state index contributed by atoms with van der Waals surface area (Å²) in [5.41, 5.74) is 3.25. The van der Waals surface area contributed by atoms with Crippen molar-refractivity contribution in [3.8, 4) is 5.75 Å². The van der Waals surface area contributed by atoms with Crippen LogP contribution in [0.2, 0.25) is 0 Å². The largest absolute Gasteiger partial charge is 0.489 e. The number of rotatable bonds is 7. The van der Waals surface area contributed by atoms with Crippen LogP contribution in [0, 0.1) is 13.8 Å². The van der Waals surface area contributed by atoms with Gasteiger partial charge in [-0.2, -0.15) is 0 Å². The standard InChI is InChI=1S/C22H23N3O4/c1-4-23-21(26)17-6-5-7-18(12-17)24-22(27)16-8-10-19(11-9-16)28-13-20-14(2)25-29-15(20)3/h5-12H,4,13H2,1-3H3,(H,23,26)(H,24,27). The average Bonchev–Trinajstić information content (AvgIpc) is 3.04. The first-order valence-electron chi connectivity index (χ1n) is 9.32. The lowest BCUT2D eigenvalue weighted by Crippen LogP contribution is -2.22. The molecule has 0 aliphatic carbocycles. The summed E-state index contributed by atoms with van der Waals surface area (Å²) in [6, 6.07) is 13.6. The van der Waals surface area contributed by atoms with E-state index in [0.29, 0.717) is 35.7 Å². The molecule has 3 rings (SSSR count). The number of carbonyl (C=O) groups excluding carboxylic acids is 2. The van der Waals surface area contributed by atoms with Crippen LogP contribution in [-0.4, -0.2) is 23.5 Å². The summed E-state index contributed by atoms with van der Waals surface area (Å²) in [6.07, 6.45) is 0. The van der Waals surface area contributed by atoms with Gasteiger partial charge >= 0.3 is 0 Å². The van der Waals surface area contributed by atoms with Crippen molar-refractivity contribution in [3.05, 3.63) is 76.7 Å². The highest BCUT2D eigenvalue weighted by molar-refractivity contribution is 6.05. The molecule has 0 saturated carbocycles. The smallest absolute Gasteiger partial charge is 0.255 e. The van der Waals surface area contributed by atoms with E-state index in [1.54, 1.807) is 48.5 Å². The van der Waals surface area contributed by atoms with Crippen molar-refractivity contribution in [1.82, 2.24) is 10.5 Å². The zero-order valence-electron chi connectivity index (χ0n) is 16.6. The minimum absolute atomic E-state index is 0.177. The molecule has 0 unspecified atom stereocenters. The third-order valence-electron chi connectivity index (χ3n) is 4.40. The molecule has 7 nitrogen and oxygen atoms in total. The van der Waals surface area contributed by atoms with Crippen LogP contribution in [0.5, 0.6) is 5.75 Å². The van der Waals surface area contributed by atoms with E-state index >= 15 is 0 Å². The maximum atomic E-state index is 12.5. The average molecular weight is 393 g/mol. The molecule has 0 bridgehead atoms. The number of nitrogens with one attached hydrogen (secondary N) is 2. The van der Waals surface area contributed by atoms with Gasteiger partial charge < -0.3 is 19.9 Å². The Morgan fingerprint density at radius 1 is 1.03 bits per heavy atom. The summed E-state index contributed by atoms with van der Waals surface area (Å²) in [5.74, 6) is 0.923. The van der Waals surface area contributed by atoms with Gasteiger partial charge in [-0.15, -0.1) is 0 Å². The number of carbonyl (C=O) groups is 2. The Labute approximate surface area is 169 Å². The zero-order valence-corrected chi connectivity index (χ0v) is 16.6. The van der Waals surface area contributed by atoms with Crippen molar-refractivity contribution < 1.29 is 18.8 Å². The highest BCUT2D eigenvalue weighted by Gasteiger charge is 2.11. The summed E-state index contributed by atoms with van der Waals surface area (Å²) in [5, 5.41) is 9.44. The Balaban J connectivity index is 1.62. The third kappa shape index (κ3) is 5.01. The predicted molar refractivity (Wildman–Crippen MR) is 109 cm³/mol. The molecule has 2 aromatic carbocycles. The molecule has 2 amide bonds. The minimum Gasteiger partial charge on any atom is -0.489 e. The van der Waals surface area contributed by atoms with Crippen LogP contribution < -0.4 is 15.4 Å². The van der Waals surface area contributed by atoms with E-state index in [4.69, 9.17) is 9.26 Å². The van der Waals surface area contributed by atoms with Gasteiger partial charge in [0, 0.05) is 23.4 Å². The normalized spacial score (nSPS) is 10.4. The van der Waals surface area contributed by atoms with Gasteiger partial charge in [0.1, 0.15) is 18.1 Å². The van der Waals surface area contributed by atoms with Gasteiger partial charge in [-0.25, -0.2) is 0 Å².